The van der Waals surface area contributed by atoms with Crippen LogP contribution in [-0.4, -0.2) is 43.6 Å². The summed E-state index contributed by atoms with van der Waals surface area (Å²) in [7, 11) is 1.63. The number of hydrogen-bond acceptors (Lipinski definition) is 6. The highest BCUT2D eigenvalue weighted by molar-refractivity contribution is 5.75. The zero-order valence-electron chi connectivity index (χ0n) is 18.7. The van der Waals surface area contributed by atoms with Crippen LogP contribution in [0.15, 0.2) is 24.3 Å². The van der Waals surface area contributed by atoms with E-state index in [1.54, 1.807) is 7.11 Å². The molecule has 0 spiro atoms. The van der Waals surface area contributed by atoms with Crippen LogP contribution < -0.4 is 4.74 Å². The Bertz CT molecular complexity index is 650. The number of rotatable bonds is 7. The van der Waals surface area contributed by atoms with Gasteiger partial charge < -0.3 is 24.1 Å². The molecule has 164 valence electrons. The molecule has 0 radical (unpaired) electrons. The zero-order chi connectivity index (χ0) is 21.8. The molecule has 1 saturated heterocycles. The van der Waals surface area contributed by atoms with Crippen LogP contribution in [0.5, 0.6) is 5.75 Å². The van der Waals surface area contributed by atoms with Crippen molar-refractivity contribution in [3.05, 3.63) is 29.8 Å². The van der Waals surface area contributed by atoms with E-state index in [9.17, 15) is 9.90 Å². The Kier molecular flexibility index (Phi) is 8.09. The molecule has 1 N–H and O–H groups in total. The predicted octanol–water partition coefficient (Wildman–Crippen LogP) is 3.97. The molecule has 2 rings (SSSR count). The first-order chi connectivity index (χ1) is 13.5. The van der Waals surface area contributed by atoms with Gasteiger partial charge in [-0.2, -0.15) is 0 Å². The Morgan fingerprint density at radius 3 is 2.41 bits per heavy atom. The summed E-state index contributed by atoms with van der Waals surface area (Å²) < 4.78 is 22.7. The van der Waals surface area contributed by atoms with Gasteiger partial charge in [-0.15, -0.1) is 0 Å². The van der Waals surface area contributed by atoms with Gasteiger partial charge in [0.1, 0.15) is 5.75 Å². The lowest BCUT2D eigenvalue weighted by Crippen LogP contribution is -2.45. The molecule has 1 heterocycles. The van der Waals surface area contributed by atoms with Crippen molar-refractivity contribution < 1.29 is 28.8 Å². The highest BCUT2D eigenvalue weighted by Gasteiger charge is 2.38. The van der Waals surface area contributed by atoms with E-state index in [0.29, 0.717) is 6.61 Å². The van der Waals surface area contributed by atoms with E-state index in [-0.39, 0.29) is 36.4 Å². The van der Waals surface area contributed by atoms with Crippen molar-refractivity contribution in [3.63, 3.8) is 0 Å². The van der Waals surface area contributed by atoms with Crippen molar-refractivity contribution in [3.8, 4) is 5.75 Å². The molecule has 0 aromatic heterocycles. The van der Waals surface area contributed by atoms with Gasteiger partial charge in [-0.3, -0.25) is 4.79 Å². The van der Waals surface area contributed by atoms with Crippen LogP contribution in [0.3, 0.4) is 0 Å². The molecule has 0 aliphatic carbocycles. The van der Waals surface area contributed by atoms with Crippen LogP contribution in [0.25, 0.3) is 0 Å². The van der Waals surface area contributed by atoms with Crippen LogP contribution in [0, 0.1) is 23.2 Å². The highest BCUT2D eigenvalue weighted by atomic mass is 16.7. The minimum absolute atomic E-state index is 0.137. The predicted molar refractivity (Wildman–Crippen MR) is 110 cm³/mol. The van der Waals surface area contributed by atoms with Gasteiger partial charge >= 0.3 is 5.97 Å². The molecule has 0 unspecified atom stereocenters. The van der Waals surface area contributed by atoms with Crippen LogP contribution in [0.2, 0.25) is 0 Å². The molecule has 1 aliphatic heterocycles. The van der Waals surface area contributed by atoms with Gasteiger partial charge in [0.25, 0.3) is 0 Å². The summed E-state index contributed by atoms with van der Waals surface area (Å²) in [6.45, 7) is 12.1. The molecule has 6 nitrogen and oxygen atoms in total. The molecule has 6 atom stereocenters. The number of carbonyl (C=O) groups is 1. The smallest absolute Gasteiger partial charge is 0.311 e. The molecule has 0 amide bonds. The van der Waals surface area contributed by atoms with E-state index >= 15 is 0 Å². The van der Waals surface area contributed by atoms with Crippen molar-refractivity contribution >= 4 is 5.97 Å². The number of ether oxygens (including phenoxy) is 4. The third-order valence-corrected chi connectivity index (χ3v) is 5.47. The third-order valence-electron chi connectivity index (χ3n) is 5.47. The number of hydrogen-bond donors (Lipinski definition) is 1. The molecule has 6 heteroatoms. The number of benzene rings is 1. The van der Waals surface area contributed by atoms with Crippen molar-refractivity contribution in [2.45, 2.75) is 60.0 Å². The van der Waals surface area contributed by atoms with Gasteiger partial charge in [-0.1, -0.05) is 32.9 Å². The Morgan fingerprint density at radius 1 is 1.24 bits per heavy atom. The summed E-state index contributed by atoms with van der Waals surface area (Å²) >= 11 is 0. The zero-order valence-corrected chi connectivity index (χ0v) is 18.7. The Morgan fingerprint density at radius 2 is 1.86 bits per heavy atom. The second-order valence-corrected chi connectivity index (χ2v) is 9.19. The Balaban J connectivity index is 1.99. The van der Waals surface area contributed by atoms with Gasteiger partial charge in [-0.25, -0.2) is 0 Å². The second kappa shape index (κ2) is 9.92. The Hall–Kier alpha value is -1.63. The van der Waals surface area contributed by atoms with Gasteiger partial charge in [0.2, 0.25) is 0 Å². The first kappa shape index (κ1) is 23.6. The summed E-state index contributed by atoms with van der Waals surface area (Å²) in [6, 6.07) is 7.59. The van der Waals surface area contributed by atoms with Crippen LogP contribution in [-0.2, 0) is 19.0 Å². The summed E-state index contributed by atoms with van der Waals surface area (Å²) in [6.07, 6.45) is -1.32. The van der Waals surface area contributed by atoms with Gasteiger partial charge in [0.15, 0.2) is 6.29 Å². The van der Waals surface area contributed by atoms with E-state index in [2.05, 4.69) is 6.92 Å². The number of aliphatic hydroxyl groups excluding tert-OH is 1. The van der Waals surface area contributed by atoms with E-state index in [1.165, 1.54) is 0 Å². The van der Waals surface area contributed by atoms with E-state index in [4.69, 9.17) is 18.9 Å². The highest BCUT2D eigenvalue weighted by Crippen LogP contribution is 2.35. The molecule has 0 bridgehead atoms. The number of carbonyl (C=O) groups excluding carboxylic acids is 1. The topological polar surface area (TPSA) is 74.2 Å². The largest absolute Gasteiger partial charge is 0.497 e. The summed E-state index contributed by atoms with van der Waals surface area (Å²) in [5.41, 5.74) is 0.358. The lowest BCUT2D eigenvalue weighted by atomic mass is 9.84. The second-order valence-electron chi connectivity index (χ2n) is 9.19. The van der Waals surface area contributed by atoms with Gasteiger partial charge in [0.05, 0.1) is 37.9 Å². The molecular formula is C23H36O6. The van der Waals surface area contributed by atoms with Crippen molar-refractivity contribution in [2.75, 3.05) is 20.3 Å². The first-order valence-electron chi connectivity index (χ1n) is 10.3. The van der Waals surface area contributed by atoms with Crippen molar-refractivity contribution in [2.24, 2.45) is 23.2 Å². The van der Waals surface area contributed by atoms with Crippen LogP contribution in [0.1, 0.15) is 53.4 Å². The van der Waals surface area contributed by atoms with Crippen LogP contribution in [0.4, 0.5) is 0 Å². The SMILES string of the molecule is COc1ccc([C@@H]2OC[C@H](C)[C@H]([C@H](C)[C@@H](O)[C@@H](C)COC(=O)C(C)(C)C)O2)cc1. The number of methoxy groups -OCH3 is 1. The minimum atomic E-state index is -0.662. The Labute approximate surface area is 174 Å². The summed E-state index contributed by atoms with van der Waals surface area (Å²) in [5, 5.41) is 10.9. The molecule has 1 aromatic carbocycles. The third kappa shape index (κ3) is 6.17. The molecule has 29 heavy (non-hydrogen) atoms. The first-order valence-corrected chi connectivity index (χ1v) is 10.3. The fourth-order valence-corrected chi connectivity index (χ4v) is 3.46. The van der Waals surface area contributed by atoms with Crippen molar-refractivity contribution in [1.82, 2.24) is 0 Å². The molecule has 1 aromatic rings. The number of esters is 1. The quantitative estimate of drug-likeness (QED) is 0.688. The lowest BCUT2D eigenvalue weighted by Gasteiger charge is -2.40. The molecule has 0 saturated carbocycles. The molecular weight excluding hydrogens is 372 g/mol. The van der Waals surface area contributed by atoms with E-state index < -0.39 is 17.8 Å². The van der Waals surface area contributed by atoms with E-state index in [1.807, 2.05) is 58.9 Å². The minimum Gasteiger partial charge on any atom is -0.497 e. The average molecular weight is 409 g/mol. The summed E-state index contributed by atoms with van der Waals surface area (Å²) in [5.74, 6) is 0.308. The van der Waals surface area contributed by atoms with Crippen molar-refractivity contribution in [1.29, 1.82) is 0 Å². The fourth-order valence-electron chi connectivity index (χ4n) is 3.46. The monoisotopic (exact) mass is 408 g/mol. The fraction of sp³-hybridized carbons (Fsp3) is 0.696. The van der Waals surface area contributed by atoms with E-state index in [0.717, 1.165) is 11.3 Å². The van der Waals surface area contributed by atoms with Gasteiger partial charge in [0, 0.05) is 23.3 Å². The molecule has 1 aliphatic rings. The normalized spacial score (nSPS) is 25.7. The lowest BCUT2D eigenvalue weighted by molar-refractivity contribution is -0.257. The summed E-state index contributed by atoms with van der Waals surface area (Å²) in [4.78, 5) is 12.0. The average Bonchev–Trinajstić information content (AvgIpc) is 2.70. The standard InChI is InChI=1S/C23H36O6/c1-14(12-28-22(25)23(4,5)6)19(24)16(3)20-15(2)13-27-21(29-20)17-8-10-18(26-7)11-9-17/h8-11,14-16,19-21,24H,12-13H2,1-7H3/t14-,15-,16+,19-,20+,21+/m0/s1. The number of aliphatic hydroxyl groups is 1. The maximum absolute atomic E-state index is 12.0. The van der Waals surface area contributed by atoms with Gasteiger partial charge in [-0.05, 0) is 32.9 Å². The maximum Gasteiger partial charge on any atom is 0.311 e. The molecule has 1 fully saturated rings. The van der Waals surface area contributed by atoms with Crippen LogP contribution >= 0.6 is 0 Å². The maximum atomic E-state index is 12.0.